The minimum absolute atomic E-state index is 0.0575. The number of halogens is 2. The summed E-state index contributed by atoms with van der Waals surface area (Å²) in [6.07, 6.45) is 1.14. The zero-order chi connectivity index (χ0) is 12.2. The molecule has 0 aliphatic heterocycles. The van der Waals surface area contributed by atoms with E-state index in [0.717, 1.165) is 13.0 Å². The van der Waals surface area contributed by atoms with Gasteiger partial charge in [-0.25, -0.2) is 8.78 Å². The van der Waals surface area contributed by atoms with Gasteiger partial charge in [0.25, 0.3) is 5.92 Å². The lowest BCUT2D eigenvalue weighted by Crippen LogP contribution is -2.20. The Kier molecular flexibility index (Phi) is 3.77. The number of amides is 1. The summed E-state index contributed by atoms with van der Waals surface area (Å²) in [5.74, 6) is -3.19. The van der Waals surface area contributed by atoms with Crippen LogP contribution in [0.5, 0.6) is 0 Å². The zero-order valence-corrected chi connectivity index (χ0v) is 8.97. The van der Waals surface area contributed by atoms with Crippen molar-refractivity contribution in [2.45, 2.75) is 19.4 Å². The Morgan fingerprint density at radius 2 is 2.25 bits per heavy atom. The summed E-state index contributed by atoms with van der Waals surface area (Å²) >= 11 is 0. The number of nitrogens with one attached hydrogen (secondary N) is 1. The van der Waals surface area contributed by atoms with Gasteiger partial charge in [-0.15, -0.1) is 0 Å². The van der Waals surface area contributed by atoms with E-state index in [1.54, 1.807) is 12.1 Å². The summed E-state index contributed by atoms with van der Waals surface area (Å²) in [7, 11) is 0. The standard InChI is InChI=1S/C12H13F2NO/c1-3-11(16)15-8-9-5-4-6-10(7-9)12(2,13)14/h3-7H,1,8H2,2H3,(H,15,16). The molecular weight excluding hydrogens is 212 g/mol. The van der Waals surface area contributed by atoms with Gasteiger partial charge in [0.1, 0.15) is 0 Å². The molecule has 86 valence electrons. The number of carbonyl (C=O) groups is 1. The molecule has 0 radical (unpaired) electrons. The van der Waals surface area contributed by atoms with E-state index in [-0.39, 0.29) is 18.0 Å². The van der Waals surface area contributed by atoms with Crippen LogP contribution in [0.15, 0.2) is 36.9 Å². The Balaban J connectivity index is 2.75. The second-order valence-electron chi connectivity index (χ2n) is 3.51. The summed E-state index contributed by atoms with van der Waals surface area (Å²) in [6.45, 7) is 4.36. The van der Waals surface area contributed by atoms with Crippen LogP contribution in [0, 0.1) is 0 Å². The molecule has 0 saturated carbocycles. The fraction of sp³-hybridized carbons (Fsp3) is 0.250. The minimum atomic E-state index is -2.86. The average molecular weight is 225 g/mol. The van der Waals surface area contributed by atoms with Gasteiger partial charge in [-0.2, -0.15) is 0 Å². The molecule has 2 nitrogen and oxygen atoms in total. The average Bonchev–Trinajstić information content (AvgIpc) is 2.25. The Hall–Kier alpha value is -1.71. The molecule has 1 N–H and O–H groups in total. The molecule has 0 heterocycles. The summed E-state index contributed by atoms with van der Waals surface area (Å²) in [5, 5.41) is 2.53. The monoisotopic (exact) mass is 225 g/mol. The van der Waals surface area contributed by atoms with Gasteiger partial charge < -0.3 is 5.32 Å². The van der Waals surface area contributed by atoms with Crippen LogP contribution < -0.4 is 5.32 Å². The maximum atomic E-state index is 13.0. The van der Waals surface area contributed by atoms with Crippen LogP contribution in [-0.4, -0.2) is 5.91 Å². The van der Waals surface area contributed by atoms with Gasteiger partial charge in [0.15, 0.2) is 0 Å². The number of alkyl halides is 2. The van der Waals surface area contributed by atoms with Gasteiger partial charge in [0.05, 0.1) is 0 Å². The third kappa shape index (κ3) is 3.46. The first kappa shape index (κ1) is 12.4. The van der Waals surface area contributed by atoms with Crippen molar-refractivity contribution in [1.29, 1.82) is 0 Å². The molecule has 0 aliphatic rings. The first-order chi connectivity index (χ1) is 7.43. The molecule has 1 aromatic rings. The number of benzene rings is 1. The number of rotatable bonds is 4. The van der Waals surface area contributed by atoms with Gasteiger partial charge in [0, 0.05) is 19.0 Å². The Labute approximate surface area is 93.0 Å². The van der Waals surface area contributed by atoms with Crippen LogP contribution in [0.2, 0.25) is 0 Å². The Morgan fingerprint density at radius 3 is 2.81 bits per heavy atom. The molecule has 4 heteroatoms. The molecule has 0 aliphatic carbocycles. The highest BCUT2D eigenvalue weighted by Crippen LogP contribution is 2.27. The summed E-state index contributed by atoms with van der Waals surface area (Å²) < 4.78 is 26.0. The second kappa shape index (κ2) is 4.88. The minimum Gasteiger partial charge on any atom is -0.348 e. The molecule has 16 heavy (non-hydrogen) atoms. The molecule has 0 unspecified atom stereocenters. The molecule has 1 aromatic carbocycles. The summed E-state index contributed by atoms with van der Waals surface area (Å²) in [5.41, 5.74) is 0.576. The van der Waals surface area contributed by atoms with Gasteiger partial charge in [-0.1, -0.05) is 24.8 Å². The molecule has 1 rings (SSSR count). The fourth-order valence-corrected chi connectivity index (χ4v) is 1.22. The van der Waals surface area contributed by atoms with Gasteiger partial charge >= 0.3 is 0 Å². The highest BCUT2D eigenvalue weighted by Gasteiger charge is 2.23. The maximum Gasteiger partial charge on any atom is 0.270 e. The van der Waals surface area contributed by atoms with Crippen LogP contribution >= 0.6 is 0 Å². The van der Waals surface area contributed by atoms with E-state index in [1.165, 1.54) is 12.1 Å². The molecule has 0 bridgehead atoms. The third-order valence-electron chi connectivity index (χ3n) is 2.09. The molecule has 0 fully saturated rings. The Bertz CT molecular complexity index is 396. The number of hydrogen-bond donors (Lipinski definition) is 1. The van der Waals surface area contributed by atoms with E-state index in [9.17, 15) is 13.6 Å². The first-order valence-electron chi connectivity index (χ1n) is 4.81. The first-order valence-corrected chi connectivity index (χ1v) is 4.81. The van der Waals surface area contributed by atoms with E-state index < -0.39 is 5.92 Å². The molecule has 0 atom stereocenters. The lowest BCUT2D eigenvalue weighted by atomic mass is 10.1. The highest BCUT2D eigenvalue weighted by atomic mass is 19.3. The molecule has 0 spiro atoms. The van der Waals surface area contributed by atoms with E-state index in [2.05, 4.69) is 11.9 Å². The number of carbonyl (C=O) groups excluding carboxylic acids is 1. The largest absolute Gasteiger partial charge is 0.348 e. The van der Waals surface area contributed by atoms with Crippen molar-refractivity contribution in [3.63, 3.8) is 0 Å². The van der Waals surface area contributed by atoms with Gasteiger partial charge in [0.2, 0.25) is 5.91 Å². The van der Waals surface area contributed by atoms with Crippen molar-refractivity contribution in [2.24, 2.45) is 0 Å². The van der Waals surface area contributed by atoms with Crippen LogP contribution in [0.1, 0.15) is 18.1 Å². The van der Waals surface area contributed by atoms with Crippen LogP contribution in [0.3, 0.4) is 0 Å². The van der Waals surface area contributed by atoms with Crippen molar-refractivity contribution in [3.8, 4) is 0 Å². The smallest absolute Gasteiger partial charge is 0.270 e. The molecule has 0 saturated heterocycles. The third-order valence-corrected chi connectivity index (χ3v) is 2.09. The van der Waals surface area contributed by atoms with E-state index in [4.69, 9.17) is 0 Å². The summed E-state index contributed by atoms with van der Waals surface area (Å²) in [6, 6.07) is 5.96. The molecule has 0 aromatic heterocycles. The lowest BCUT2D eigenvalue weighted by Gasteiger charge is -2.12. The quantitative estimate of drug-likeness (QED) is 0.784. The molecule has 1 amide bonds. The van der Waals surface area contributed by atoms with Gasteiger partial charge in [-0.05, 0) is 17.7 Å². The van der Waals surface area contributed by atoms with Crippen LogP contribution in [-0.2, 0) is 17.3 Å². The second-order valence-corrected chi connectivity index (χ2v) is 3.51. The van der Waals surface area contributed by atoms with Crippen molar-refractivity contribution >= 4 is 5.91 Å². The fourth-order valence-electron chi connectivity index (χ4n) is 1.22. The van der Waals surface area contributed by atoms with Crippen LogP contribution in [0.25, 0.3) is 0 Å². The SMILES string of the molecule is C=CC(=O)NCc1cccc(C(C)(F)F)c1. The van der Waals surface area contributed by atoms with Crippen molar-refractivity contribution in [3.05, 3.63) is 48.0 Å². The van der Waals surface area contributed by atoms with E-state index >= 15 is 0 Å². The Morgan fingerprint density at radius 1 is 1.56 bits per heavy atom. The topological polar surface area (TPSA) is 29.1 Å². The van der Waals surface area contributed by atoms with E-state index in [0.29, 0.717) is 5.56 Å². The summed E-state index contributed by atoms with van der Waals surface area (Å²) in [4.78, 5) is 10.9. The van der Waals surface area contributed by atoms with Crippen LogP contribution in [0.4, 0.5) is 8.78 Å². The molecular formula is C12H13F2NO. The predicted octanol–water partition coefficient (Wildman–Crippen LogP) is 2.60. The number of hydrogen-bond acceptors (Lipinski definition) is 1. The lowest BCUT2D eigenvalue weighted by molar-refractivity contribution is -0.116. The van der Waals surface area contributed by atoms with Gasteiger partial charge in [-0.3, -0.25) is 4.79 Å². The zero-order valence-electron chi connectivity index (χ0n) is 8.97. The normalized spacial score (nSPS) is 10.9. The van der Waals surface area contributed by atoms with Crippen molar-refractivity contribution < 1.29 is 13.6 Å². The van der Waals surface area contributed by atoms with Crippen molar-refractivity contribution in [2.75, 3.05) is 0 Å². The predicted molar refractivity (Wildman–Crippen MR) is 58.1 cm³/mol. The highest BCUT2D eigenvalue weighted by molar-refractivity contribution is 5.86. The van der Waals surface area contributed by atoms with E-state index in [1.807, 2.05) is 0 Å². The van der Waals surface area contributed by atoms with Crippen molar-refractivity contribution in [1.82, 2.24) is 5.32 Å². The maximum absolute atomic E-state index is 13.0.